The number of ether oxygens (including phenoxy) is 1. The maximum Gasteiger partial charge on any atom is 0.223 e. The molecule has 0 aliphatic rings. The lowest BCUT2D eigenvalue weighted by atomic mass is 10.3. The van der Waals surface area contributed by atoms with E-state index in [1.807, 2.05) is 18.4 Å². The molecule has 0 saturated heterocycles. The van der Waals surface area contributed by atoms with Crippen molar-refractivity contribution >= 4 is 17.4 Å². The number of benzene rings is 1. The fourth-order valence-corrected chi connectivity index (χ4v) is 1.56. The third-order valence-corrected chi connectivity index (χ3v) is 2.55. The van der Waals surface area contributed by atoms with Gasteiger partial charge in [-0.1, -0.05) is 6.07 Å². The van der Waals surface area contributed by atoms with Gasteiger partial charge in [0.25, 0.3) is 0 Å². The first-order chi connectivity index (χ1) is 7.78. The Morgan fingerprint density at radius 2 is 2.12 bits per heavy atom. The topological polar surface area (TPSA) is 61.0 Å². The Bertz CT molecular complexity index is 490. The maximum atomic E-state index is 5.65. The summed E-state index contributed by atoms with van der Waals surface area (Å²) in [5.74, 6) is 1.19. The van der Waals surface area contributed by atoms with Gasteiger partial charge in [-0.2, -0.15) is 0 Å². The van der Waals surface area contributed by atoms with Gasteiger partial charge in [-0.3, -0.25) is 0 Å². The average Bonchev–Trinajstić information content (AvgIpc) is 2.29. The van der Waals surface area contributed by atoms with Crippen molar-refractivity contribution in [2.75, 3.05) is 12.0 Å². The third kappa shape index (κ3) is 2.64. The number of rotatable bonds is 3. The van der Waals surface area contributed by atoms with Gasteiger partial charge in [0.1, 0.15) is 17.1 Å². The number of nitrogens with two attached hydrogens (primary N) is 1. The summed E-state index contributed by atoms with van der Waals surface area (Å²) in [6.07, 6.45) is 3.43. The molecule has 0 fully saturated rings. The van der Waals surface area contributed by atoms with Gasteiger partial charge in [0, 0.05) is 17.8 Å². The summed E-state index contributed by atoms with van der Waals surface area (Å²) in [6, 6.07) is 9.01. The molecule has 1 heterocycles. The summed E-state index contributed by atoms with van der Waals surface area (Å²) < 4.78 is 5.56. The summed E-state index contributed by atoms with van der Waals surface area (Å²) in [6.45, 7) is 0. The normalized spacial score (nSPS) is 10.1. The molecule has 4 nitrogen and oxygen atoms in total. The molecule has 1 aromatic heterocycles. The van der Waals surface area contributed by atoms with Crippen LogP contribution in [0, 0.1) is 0 Å². The van der Waals surface area contributed by atoms with E-state index < -0.39 is 0 Å². The standard InChI is InChI=1S/C11H11N3OS/c1-16-11-6-10(13-7-14-11)15-9-4-2-3-8(12)5-9/h2-7H,12H2,1H3. The van der Waals surface area contributed by atoms with E-state index in [9.17, 15) is 0 Å². The van der Waals surface area contributed by atoms with Crippen molar-refractivity contribution in [2.24, 2.45) is 0 Å². The highest BCUT2D eigenvalue weighted by Crippen LogP contribution is 2.23. The smallest absolute Gasteiger partial charge is 0.223 e. The molecule has 0 saturated carbocycles. The molecule has 82 valence electrons. The van der Waals surface area contributed by atoms with Gasteiger partial charge in [0.2, 0.25) is 5.88 Å². The van der Waals surface area contributed by atoms with Gasteiger partial charge in [-0.05, 0) is 18.4 Å². The van der Waals surface area contributed by atoms with Crippen molar-refractivity contribution in [1.29, 1.82) is 0 Å². The minimum Gasteiger partial charge on any atom is -0.439 e. The number of hydrogen-bond acceptors (Lipinski definition) is 5. The van der Waals surface area contributed by atoms with Crippen molar-refractivity contribution < 1.29 is 4.74 Å². The minimum atomic E-state index is 0.518. The van der Waals surface area contributed by atoms with Crippen LogP contribution in [0.1, 0.15) is 0 Å². The Morgan fingerprint density at radius 1 is 1.25 bits per heavy atom. The molecule has 5 heteroatoms. The molecule has 0 radical (unpaired) electrons. The zero-order valence-corrected chi connectivity index (χ0v) is 9.57. The molecule has 2 aromatic rings. The fraction of sp³-hybridized carbons (Fsp3) is 0.0909. The fourth-order valence-electron chi connectivity index (χ4n) is 1.19. The first kappa shape index (κ1) is 10.8. The number of aromatic nitrogens is 2. The van der Waals surface area contributed by atoms with Crippen LogP contribution in [0.4, 0.5) is 5.69 Å². The van der Waals surface area contributed by atoms with E-state index >= 15 is 0 Å². The summed E-state index contributed by atoms with van der Waals surface area (Å²) in [5, 5.41) is 0.869. The first-order valence-electron chi connectivity index (χ1n) is 4.67. The Kier molecular flexibility index (Phi) is 3.26. The van der Waals surface area contributed by atoms with Crippen LogP contribution < -0.4 is 10.5 Å². The first-order valence-corrected chi connectivity index (χ1v) is 5.90. The van der Waals surface area contributed by atoms with E-state index in [1.54, 1.807) is 30.0 Å². The number of thioether (sulfide) groups is 1. The monoisotopic (exact) mass is 233 g/mol. The van der Waals surface area contributed by atoms with Gasteiger partial charge in [0.15, 0.2) is 0 Å². The highest BCUT2D eigenvalue weighted by Gasteiger charge is 2.00. The number of anilines is 1. The molecule has 0 bridgehead atoms. The number of hydrogen-bond donors (Lipinski definition) is 1. The van der Waals surface area contributed by atoms with Crippen molar-refractivity contribution in [1.82, 2.24) is 9.97 Å². The molecule has 1 aromatic carbocycles. The van der Waals surface area contributed by atoms with Crippen LogP contribution >= 0.6 is 11.8 Å². The van der Waals surface area contributed by atoms with Crippen LogP contribution in [0.3, 0.4) is 0 Å². The molecule has 0 spiro atoms. The maximum absolute atomic E-state index is 5.65. The Hall–Kier alpha value is -1.75. The van der Waals surface area contributed by atoms with E-state index in [-0.39, 0.29) is 0 Å². The molecular formula is C11H11N3OS. The van der Waals surface area contributed by atoms with Crippen LogP contribution in [-0.2, 0) is 0 Å². The Balaban J connectivity index is 2.20. The van der Waals surface area contributed by atoms with E-state index in [2.05, 4.69) is 9.97 Å². The zero-order valence-electron chi connectivity index (χ0n) is 8.75. The van der Waals surface area contributed by atoms with Crippen LogP contribution in [0.15, 0.2) is 41.7 Å². The van der Waals surface area contributed by atoms with Gasteiger partial charge in [-0.15, -0.1) is 11.8 Å². The largest absolute Gasteiger partial charge is 0.439 e. The summed E-state index contributed by atoms with van der Waals surface area (Å²) in [7, 11) is 0. The lowest BCUT2D eigenvalue weighted by Crippen LogP contribution is -1.91. The second kappa shape index (κ2) is 4.85. The van der Waals surface area contributed by atoms with Crippen LogP contribution in [0.25, 0.3) is 0 Å². The van der Waals surface area contributed by atoms with Crippen molar-refractivity contribution in [2.45, 2.75) is 5.03 Å². The van der Waals surface area contributed by atoms with Crippen molar-refractivity contribution in [3.63, 3.8) is 0 Å². The lowest BCUT2D eigenvalue weighted by molar-refractivity contribution is 0.459. The summed E-state index contributed by atoms with van der Waals surface area (Å²) >= 11 is 1.54. The molecule has 0 amide bonds. The highest BCUT2D eigenvalue weighted by molar-refractivity contribution is 7.98. The van der Waals surface area contributed by atoms with E-state index in [4.69, 9.17) is 10.5 Å². The second-order valence-corrected chi connectivity index (χ2v) is 3.90. The predicted molar refractivity (Wildman–Crippen MR) is 64.7 cm³/mol. The van der Waals surface area contributed by atoms with Gasteiger partial charge in [0.05, 0.1) is 0 Å². The van der Waals surface area contributed by atoms with Crippen LogP contribution in [0.2, 0.25) is 0 Å². The minimum absolute atomic E-state index is 0.518. The van der Waals surface area contributed by atoms with Crippen LogP contribution in [-0.4, -0.2) is 16.2 Å². The molecule has 0 atom stereocenters. The van der Waals surface area contributed by atoms with E-state index in [1.165, 1.54) is 6.33 Å². The van der Waals surface area contributed by atoms with Gasteiger partial charge in [-0.25, -0.2) is 9.97 Å². The highest BCUT2D eigenvalue weighted by atomic mass is 32.2. The average molecular weight is 233 g/mol. The molecule has 16 heavy (non-hydrogen) atoms. The molecular weight excluding hydrogens is 222 g/mol. The number of nitrogens with zero attached hydrogens (tertiary/aromatic N) is 2. The molecule has 0 unspecified atom stereocenters. The summed E-state index contributed by atoms with van der Waals surface area (Å²) in [5.41, 5.74) is 6.32. The predicted octanol–water partition coefficient (Wildman–Crippen LogP) is 2.57. The second-order valence-electron chi connectivity index (χ2n) is 3.07. The summed E-state index contributed by atoms with van der Waals surface area (Å²) in [4.78, 5) is 8.09. The van der Waals surface area contributed by atoms with E-state index in [0.29, 0.717) is 17.3 Å². The van der Waals surface area contributed by atoms with Crippen molar-refractivity contribution in [3.8, 4) is 11.6 Å². The lowest BCUT2D eigenvalue weighted by Gasteiger charge is -2.05. The molecule has 0 aliphatic heterocycles. The Labute approximate surface area is 97.9 Å². The molecule has 0 aliphatic carbocycles. The quantitative estimate of drug-likeness (QED) is 0.501. The zero-order chi connectivity index (χ0) is 11.4. The third-order valence-electron chi connectivity index (χ3n) is 1.91. The number of nitrogen functional groups attached to an aromatic ring is 1. The van der Waals surface area contributed by atoms with Crippen molar-refractivity contribution in [3.05, 3.63) is 36.7 Å². The molecule has 2 rings (SSSR count). The van der Waals surface area contributed by atoms with E-state index in [0.717, 1.165) is 5.03 Å². The van der Waals surface area contributed by atoms with Crippen LogP contribution in [0.5, 0.6) is 11.6 Å². The Morgan fingerprint density at radius 3 is 2.88 bits per heavy atom. The molecule has 2 N–H and O–H groups in total. The van der Waals surface area contributed by atoms with Gasteiger partial charge < -0.3 is 10.5 Å². The van der Waals surface area contributed by atoms with Gasteiger partial charge >= 0.3 is 0 Å². The SMILES string of the molecule is CSc1cc(Oc2cccc(N)c2)ncn1.